The highest BCUT2D eigenvalue weighted by atomic mass is 32.2. The Hall–Kier alpha value is -2.56. The highest BCUT2D eigenvalue weighted by Gasteiger charge is 2.15. The summed E-state index contributed by atoms with van der Waals surface area (Å²) in [5.41, 5.74) is 1.73. The lowest BCUT2D eigenvalue weighted by Gasteiger charge is -2.10. The molecule has 0 fully saturated rings. The van der Waals surface area contributed by atoms with E-state index in [1.54, 1.807) is 18.2 Å². The van der Waals surface area contributed by atoms with Gasteiger partial charge in [0.1, 0.15) is 17.0 Å². The smallest absolute Gasteiger partial charge is 0.163 e. The third kappa shape index (κ3) is 3.45. The molecule has 10 heteroatoms. The van der Waals surface area contributed by atoms with Gasteiger partial charge in [-0.3, -0.25) is 4.21 Å². The van der Waals surface area contributed by atoms with Crippen molar-refractivity contribution in [1.29, 1.82) is 0 Å². The van der Waals surface area contributed by atoms with Crippen molar-refractivity contribution in [3.8, 4) is 17.2 Å². The number of methoxy groups -OCH3 is 2. The molecule has 1 heterocycles. The lowest BCUT2D eigenvalue weighted by atomic mass is 10.2. The first kappa shape index (κ1) is 17.3. The molecule has 0 aliphatic carbocycles. The number of nitrogens with one attached hydrogen (secondary N) is 1. The molecule has 0 spiro atoms. The summed E-state index contributed by atoms with van der Waals surface area (Å²) in [5, 5.41) is 8.00. The van der Waals surface area contributed by atoms with Gasteiger partial charge in [-0.05, 0) is 17.7 Å². The molecule has 0 aliphatic heterocycles. The predicted octanol–water partition coefficient (Wildman–Crippen LogP) is 1.46. The number of hydrogen-bond acceptors (Lipinski definition) is 6. The quantitative estimate of drug-likeness (QED) is 0.664. The second-order valence-corrected chi connectivity index (χ2v) is 5.80. The summed E-state index contributed by atoms with van der Waals surface area (Å²) in [4.78, 5) is 0. The fourth-order valence-electron chi connectivity index (χ4n) is 2.40. The lowest BCUT2D eigenvalue weighted by molar-refractivity contribution is 0.355. The molecule has 2 aromatic carbocycles. The highest BCUT2D eigenvalue weighted by Crippen LogP contribution is 2.32. The van der Waals surface area contributed by atoms with Gasteiger partial charge in [0, 0.05) is 29.9 Å². The molecule has 132 valence electrons. The zero-order valence-corrected chi connectivity index (χ0v) is 14.2. The summed E-state index contributed by atoms with van der Waals surface area (Å²) in [6.45, 7) is -0.00353. The van der Waals surface area contributed by atoms with Crippen molar-refractivity contribution in [2.24, 2.45) is 0 Å². The van der Waals surface area contributed by atoms with E-state index in [0.29, 0.717) is 28.1 Å². The van der Waals surface area contributed by atoms with E-state index in [1.165, 1.54) is 31.0 Å². The lowest BCUT2D eigenvalue weighted by Crippen LogP contribution is -2.15. The number of fused-ring (bicyclic) bond motifs is 1. The van der Waals surface area contributed by atoms with Crippen LogP contribution in [0.5, 0.6) is 11.5 Å². The van der Waals surface area contributed by atoms with Crippen LogP contribution < -0.4 is 14.2 Å². The van der Waals surface area contributed by atoms with Crippen LogP contribution in [0.3, 0.4) is 0 Å². The molecule has 0 saturated heterocycles. The number of rotatable bonds is 6. The maximum absolute atomic E-state index is 14.5. The number of aromatic nitrogens is 3. The predicted molar refractivity (Wildman–Crippen MR) is 87.7 cm³/mol. The van der Waals surface area contributed by atoms with Crippen LogP contribution in [0.15, 0.2) is 30.3 Å². The van der Waals surface area contributed by atoms with E-state index in [1.807, 2.05) is 0 Å². The van der Waals surface area contributed by atoms with Gasteiger partial charge in [0.15, 0.2) is 11.5 Å². The second kappa shape index (κ2) is 7.13. The molecule has 1 atom stereocenters. The first-order chi connectivity index (χ1) is 12.0. The van der Waals surface area contributed by atoms with Crippen LogP contribution in [0.1, 0.15) is 5.56 Å². The fourth-order valence-corrected chi connectivity index (χ4v) is 2.69. The largest absolute Gasteiger partial charge is 0.760 e. The van der Waals surface area contributed by atoms with Crippen LogP contribution in [0, 0.1) is 5.82 Å². The van der Waals surface area contributed by atoms with E-state index >= 15 is 0 Å². The van der Waals surface area contributed by atoms with E-state index in [0.717, 1.165) is 0 Å². The molecule has 3 aromatic rings. The summed E-state index contributed by atoms with van der Waals surface area (Å²) in [7, 11) is 3.01. The minimum Gasteiger partial charge on any atom is -0.760 e. The third-order valence-electron chi connectivity index (χ3n) is 3.59. The summed E-state index contributed by atoms with van der Waals surface area (Å²) < 4.78 is 49.5. The van der Waals surface area contributed by atoms with E-state index < -0.39 is 17.1 Å². The Bertz CT molecular complexity index is 947. The standard InChI is InChI=1S/C15H15FN4O4S/c1-23-14-6-11-13(7-15(14)24-2)20(19-18-11)12-4-3-9(5-10(12)16)8-17-25(21)22/h3-7,17H,8H2,1-2H3,(H,21,22)/p-1. The highest BCUT2D eigenvalue weighted by molar-refractivity contribution is 7.77. The van der Waals surface area contributed by atoms with E-state index in [9.17, 15) is 13.2 Å². The minimum absolute atomic E-state index is 0.00353. The Kier molecular flexibility index (Phi) is 4.93. The third-order valence-corrected chi connectivity index (χ3v) is 3.97. The van der Waals surface area contributed by atoms with Crippen LogP contribution >= 0.6 is 0 Å². The van der Waals surface area contributed by atoms with Crippen LogP contribution in [0.2, 0.25) is 0 Å². The summed E-state index contributed by atoms with van der Waals surface area (Å²) in [6.07, 6.45) is 0. The molecule has 25 heavy (non-hydrogen) atoms. The number of hydrogen-bond donors (Lipinski definition) is 1. The topological polar surface area (TPSA) is 101 Å². The normalized spacial score (nSPS) is 12.3. The van der Waals surface area contributed by atoms with Crippen molar-refractivity contribution in [1.82, 2.24) is 19.7 Å². The van der Waals surface area contributed by atoms with Gasteiger partial charge in [-0.25, -0.2) is 13.8 Å². The van der Waals surface area contributed by atoms with Crippen molar-refractivity contribution in [3.05, 3.63) is 41.7 Å². The van der Waals surface area contributed by atoms with Gasteiger partial charge in [0.05, 0.1) is 19.7 Å². The van der Waals surface area contributed by atoms with Crippen molar-refractivity contribution >= 4 is 22.3 Å². The van der Waals surface area contributed by atoms with Crippen molar-refractivity contribution in [3.63, 3.8) is 0 Å². The monoisotopic (exact) mass is 365 g/mol. The molecule has 1 N–H and O–H groups in total. The minimum atomic E-state index is -2.41. The Morgan fingerprint density at radius 3 is 2.60 bits per heavy atom. The Balaban J connectivity index is 2.03. The maximum atomic E-state index is 14.5. The molecule has 0 amide bonds. The van der Waals surface area contributed by atoms with Crippen LogP contribution in [-0.2, 0) is 17.8 Å². The molecular formula is C15H14FN4O4S-. The number of halogens is 1. The summed E-state index contributed by atoms with van der Waals surface area (Å²) in [6, 6.07) is 7.65. The van der Waals surface area contributed by atoms with Gasteiger partial charge >= 0.3 is 0 Å². The average Bonchev–Trinajstić information content (AvgIpc) is 3.01. The van der Waals surface area contributed by atoms with Crippen molar-refractivity contribution in [2.45, 2.75) is 6.54 Å². The zero-order valence-electron chi connectivity index (χ0n) is 13.4. The molecule has 3 rings (SSSR count). The number of benzene rings is 2. The van der Waals surface area contributed by atoms with Crippen LogP contribution in [0.25, 0.3) is 16.7 Å². The molecule has 1 unspecified atom stereocenters. The van der Waals surface area contributed by atoms with Gasteiger partial charge in [-0.15, -0.1) is 5.10 Å². The van der Waals surface area contributed by atoms with Crippen molar-refractivity contribution in [2.75, 3.05) is 14.2 Å². The van der Waals surface area contributed by atoms with E-state index in [2.05, 4.69) is 15.0 Å². The molecule has 0 saturated carbocycles. The molecule has 1 aromatic heterocycles. The Labute approximate surface area is 145 Å². The first-order valence-electron chi connectivity index (χ1n) is 7.12. The van der Waals surface area contributed by atoms with Gasteiger partial charge in [-0.1, -0.05) is 11.3 Å². The van der Waals surface area contributed by atoms with Gasteiger partial charge in [0.25, 0.3) is 0 Å². The van der Waals surface area contributed by atoms with E-state index in [-0.39, 0.29) is 12.2 Å². The molecular weight excluding hydrogens is 351 g/mol. The maximum Gasteiger partial charge on any atom is 0.163 e. The Morgan fingerprint density at radius 2 is 1.96 bits per heavy atom. The molecule has 0 bridgehead atoms. The van der Waals surface area contributed by atoms with Crippen LogP contribution in [0.4, 0.5) is 4.39 Å². The average molecular weight is 365 g/mol. The zero-order chi connectivity index (χ0) is 18.0. The van der Waals surface area contributed by atoms with Gasteiger partial charge < -0.3 is 14.0 Å². The fraction of sp³-hybridized carbons (Fsp3) is 0.200. The number of nitrogens with zero attached hydrogens (tertiary/aromatic N) is 3. The second-order valence-electron chi connectivity index (χ2n) is 5.04. The number of ether oxygens (including phenoxy) is 2. The molecule has 8 nitrogen and oxygen atoms in total. The molecule has 0 aliphatic rings. The SMILES string of the molecule is COc1cc2nnn(-c3ccc(CNS(=O)[O-])cc3F)c2cc1OC. The van der Waals surface area contributed by atoms with Gasteiger partial charge in [0.2, 0.25) is 0 Å². The first-order valence-corrected chi connectivity index (χ1v) is 8.20. The van der Waals surface area contributed by atoms with E-state index in [4.69, 9.17) is 9.47 Å². The van der Waals surface area contributed by atoms with Crippen molar-refractivity contribution < 1.29 is 22.6 Å². The van der Waals surface area contributed by atoms with Crippen LogP contribution in [-0.4, -0.2) is 38.0 Å². The summed E-state index contributed by atoms with van der Waals surface area (Å²) >= 11 is -2.41. The molecule has 0 radical (unpaired) electrons. The summed E-state index contributed by atoms with van der Waals surface area (Å²) in [5.74, 6) is 0.407. The Morgan fingerprint density at radius 1 is 1.24 bits per heavy atom. The van der Waals surface area contributed by atoms with Gasteiger partial charge in [-0.2, -0.15) is 0 Å².